The first kappa shape index (κ1) is 13.6. The number of benzene rings is 1. The first-order valence-corrected chi connectivity index (χ1v) is 7.47. The Morgan fingerprint density at radius 2 is 1.90 bits per heavy atom. The molecule has 2 unspecified atom stereocenters. The monoisotopic (exact) mass is 277 g/mol. The van der Waals surface area contributed by atoms with Gasteiger partial charge in [0.2, 0.25) is 6.79 Å². The van der Waals surface area contributed by atoms with Gasteiger partial charge in [0.15, 0.2) is 11.5 Å². The van der Waals surface area contributed by atoms with Gasteiger partial charge in [-0.05, 0) is 31.9 Å². The Labute approximate surface area is 120 Å². The van der Waals surface area contributed by atoms with E-state index in [4.69, 9.17) is 9.47 Å². The van der Waals surface area contributed by atoms with Gasteiger partial charge in [-0.1, -0.05) is 19.8 Å². The molecule has 4 heteroatoms. The lowest BCUT2D eigenvalue weighted by atomic mass is 9.85. The molecule has 0 spiro atoms. The third-order valence-electron chi connectivity index (χ3n) is 4.63. The molecule has 1 aromatic rings. The maximum atomic E-state index is 10.1. The van der Waals surface area contributed by atoms with Crippen LogP contribution in [-0.2, 0) is 6.54 Å². The zero-order chi connectivity index (χ0) is 14.1. The van der Waals surface area contributed by atoms with Crippen LogP contribution in [0.3, 0.4) is 0 Å². The third-order valence-corrected chi connectivity index (χ3v) is 4.63. The Balaban J connectivity index is 1.74. The minimum atomic E-state index is 0.244. The minimum Gasteiger partial charge on any atom is -0.507 e. The number of aromatic hydroxyl groups is 1. The lowest BCUT2D eigenvalue weighted by Crippen LogP contribution is -2.38. The maximum absolute atomic E-state index is 10.1. The highest BCUT2D eigenvalue weighted by atomic mass is 16.7. The van der Waals surface area contributed by atoms with Crippen LogP contribution in [0.25, 0.3) is 0 Å². The molecule has 2 atom stereocenters. The van der Waals surface area contributed by atoms with Crippen molar-refractivity contribution >= 4 is 0 Å². The molecule has 4 nitrogen and oxygen atoms in total. The van der Waals surface area contributed by atoms with Crippen LogP contribution in [0.1, 0.15) is 38.2 Å². The van der Waals surface area contributed by atoms with Gasteiger partial charge in [-0.15, -0.1) is 0 Å². The van der Waals surface area contributed by atoms with Gasteiger partial charge >= 0.3 is 0 Å². The van der Waals surface area contributed by atoms with Crippen molar-refractivity contribution in [3.05, 3.63) is 17.7 Å². The molecule has 3 rings (SSSR count). The van der Waals surface area contributed by atoms with Crippen LogP contribution in [0, 0.1) is 5.92 Å². The summed E-state index contributed by atoms with van der Waals surface area (Å²) in [4.78, 5) is 2.36. The van der Waals surface area contributed by atoms with E-state index in [9.17, 15) is 5.11 Å². The minimum absolute atomic E-state index is 0.244. The lowest BCUT2D eigenvalue weighted by Gasteiger charge is -2.36. The Morgan fingerprint density at radius 1 is 1.20 bits per heavy atom. The van der Waals surface area contributed by atoms with Gasteiger partial charge in [0, 0.05) is 24.2 Å². The van der Waals surface area contributed by atoms with E-state index in [1.165, 1.54) is 25.7 Å². The molecule has 0 aromatic heterocycles. The molecule has 1 aliphatic heterocycles. The van der Waals surface area contributed by atoms with E-state index in [1.807, 2.05) is 6.07 Å². The first-order chi connectivity index (χ1) is 9.65. The summed E-state index contributed by atoms with van der Waals surface area (Å²) in [5.74, 6) is 2.40. The SMILES string of the molecule is CC1CCCCC1N(C)Cc1cc2c(cc1O)OCO2. The Hall–Kier alpha value is -1.42. The summed E-state index contributed by atoms with van der Waals surface area (Å²) < 4.78 is 10.7. The predicted molar refractivity (Wildman–Crippen MR) is 77.1 cm³/mol. The van der Waals surface area contributed by atoms with Gasteiger partial charge in [0.25, 0.3) is 0 Å². The van der Waals surface area contributed by atoms with Gasteiger partial charge in [-0.3, -0.25) is 4.90 Å². The van der Waals surface area contributed by atoms with Crippen LogP contribution < -0.4 is 9.47 Å². The molecular weight excluding hydrogens is 254 g/mol. The Morgan fingerprint density at radius 3 is 2.65 bits per heavy atom. The highest BCUT2D eigenvalue weighted by Crippen LogP contribution is 2.38. The molecule has 0 radical (unpaired) electrons. The number of nitrogens with zero attached hydrogens (tertiary/aromatic N) is 1. The summed E-state index contributed by atoms with van der Waals surface area (Å²) in [5.41, 5.74) is 0.912. The number of hydrogen-bond acceptors (Lipinski definition) is 4. The summed E-state index contributed by atoms with van der Waals surface area (Å²) >= 11 is 0. The molecule has 20 heavy (non-hydrogen) atoms. The molecule has 1 aliphatic carbocycles. The van der Waals surface area contributed by atoms with E-state index in [1.54, 1.807) is 6.07 Å². The Kier molecular flexibility index (Phi) is 3.74. The number of phenols is 1. The van der Waals surface area contributed by atoms with Gasteiger partial charge in [0.1, 0.15) is 5.75 Å². The van der Waals surface area contributed by atoms with Crippen molar-refractivity contribution < 1.29 is 14.6 Å². The van der Waals surface area contributed by atoms with Crippen LogP contribution in [0.4, 0.5) is 0 Å². The summed E-state index contributed by atoms with van der Waals surface area (Å²) in [7, 11) is 2.15. The highest BCUT2D eigenvalue weighted by molar-refractivity contribution is 5.51. The van der Waals surface area contributed by atoms with Crippen molar-refractivity contribution in [3.8, 4) is 17.2 Å². The molecule has 0 bridgehead atoms. The number of fused-ring (bicyclic) bond motifs is 1. The molecule has 1 N–H and O–H groups in total. The van der Waals surface area contributed by atoms with Crippen LogP contribution in [0.2, 0.25) is 0 Å². The van der Waals surface area contributed by atoms with Crippen molar-refractivity contribution in [1.82, 2.24) is 4.90 Å². The fourth-order valence-electron chi connectivity index (χ4n) is 3.44. The fraction of sp³-hybridized carbons (Fsp3) is 0.625. The second kappa shape index (κ2) is 5.52. The van der Waals surface area contributed by atoms with Crippen LogP contribution in [0.15, 0.2) is 12.1 Å². The molecule has 0 amide bonds. The molecule has 1 saturated carbocycles. The summed E-state index contributed by atoms with van der Waals surface area (Å²) in [5, 5.41) is 10.1. The maximum Gasteiger partial charge on any atom is 0.231 e. The number of hydrogen-bond donors (Lipinski definition) is 1. The standard InChI is InChI=1S/C16H23NO3/c1-11-5-3-4-6-13(11)17(2)9-12-7-15-16(8-14(12)18)20-10-19-15/h7-8,11,13,18H,3-6,9-10H2,1-2H3. The summed E-state index contributed by atoms with van der Waals surface area (Å²) in [6.07, 6.45) is 5.22. The van der Waals surface area contributed by atoms with E-state index in [-0.39, 0.29) is 6.79 Å². The molecule has 0 saturated heterocycles. The van der Waals surface area contributed by atoms with Gasteiger partial charge in [0.05, 0.1) is 0 Å². The van der Waals surface area contributed by atoms with E-state index in [0.717, 1.165) is 23.8 Å². The fourth-order valence-corrected chi connectivity index (χ4v) is 3.44. The largest absolute Gasteiger partial charge is 0.507 e. The quantitative estimate of drug-likeness (QED) is 0.921. The first-order valence-electron chi connectivity index (χ1n) is 7.47. The molecule has 1 aromatic carbocycles. The third kappa shape index (κ3) is 2.57. The van der Waals surface area contributed by atoms with E-state index < -0.39 is 0 Å². The predicted octanol–water partition coefficient (Wildman–Crippen LogP) is 3.13. The second-order valence-corrected chi connectivity index (χ2v) is 6.08. The highest BCUT2D eigenvalue weighted by Gasteiger charge is 2.26. The molecule has 1 heterocycles. The summed E-state index contributed by atoms with van der Waals surface area (Å²) in [6.45, 7) is 3.32. The Bertz CT molecular complexity index is 489. The van der Waals surface area contributed by atoms with Gasteiger partial charge in [-0.2, -0.15) is 0 Å². The van der Waals surface area contributed by atoms with Crippen LogP contribution in [0.5, 0.6) is 17.2 Å². The van der Waals surface area contributed by atoms with E-state index in [2.05, 4.69) is 18.9 Å². The number of phenolic OH excluding ortho intramolecular Hbond substituents is 1. The second-order valence-electron chi connectivity index (χ2n) is 6.08. The van der Waals surface area contributed by atoms with E-state index in [0.29, 0.717) is 17.5 Å². The van der Waals surface area contributed by atoms with Crippen molar-refractivity contribution in [2.75, 3.05) is 13.8 Å². The lowest BCUT2D eigenvalue weighted by molar-refractivity contribution is 0.132. The van der Waals surface area contributed by atoms with E-state index >= 15 is 0 Å². The van der Waals surface area contributed by atoms with Crippen molar-refractivity contribution in [1.29, 1.82) is 0 Å². The van der Waals surface area contributed by atoms with Gasteiger partial charge in [-0.25, -0.2) is 0 Å². The van der Waals surface area contributed by atoms with Crippen LogP contribution >= 0.6 is 0 Å². The van der Waals surface area contributed by atoms with Crippen LogP contribution in [-0.4, -0.2) is 29.9 Å². The molecular formula is C16H23NO3. The normalized spacial score (nSPS) is 25.1. The number of ether oxygens (including phenoxy) is 2. The molecule has 110 valence electrons. The topological polar surface area (TPSA) is 41.9 Å². The number of rotatable bonds is 3. The smallest absolute Gasteiger partial charge is 0.231 e. The van der Waals surface area contributed by atoms with Crippen molar-refractivity contribution in [2.24, 2.45) is 5.92 Å². The molecule has 1 fully saturated rings. The zero-order valence-electron chi connectivity index (χ0n) is 12.3. The van der Waals surface area contributed by atoms with Gasteiger partial charge < -0.3 is 14.6 Å². The summed E-state index contributed by atoms with van der Waals surface area (Å²) in [6, 6.07) is 4.17. The average Bonchev–Trinajstić information content (AvgIpc) is 2.86. The average molecular weight is 277 g/mol. The van der Waals surface area contributed by atoms with Crippen molar-refractivity contribution in [3.63, 3.8) is 0 Å². The molecule has 2 aliphatic rings. The zero-order valence-corrected chi connectivity index (χ0v) is 12.3. The van der Waals surface area contributed by atoms with Crippen molar-refractivity contribution in [2.45, 2.75) is 45.2 Å².